The summed E-state index contributed by atoms with van der Waals surface area (Å²) in [7, 11) is 2.84. The topological polar surface area (TPSA) is 94.2 Å². The Labute approximate surface area is 225 Å². The van der Waals surface area contributed by atoms with Crippen molar-refractivity contribution in [1.29, 1.82) is 0 Å². The molecule has 4 rings (SSSR count). The molecule has 0 atom stereocenters. The second kappa shape index (κ2) is 11.7. The number of benzene rings is 3. The van der Waals surface area contributed by atoms with E-state index < -0.39 is 5.97 Å². The number of methoxy groups -OCH3 is 2. The molecule has 0 radical (unpaired) electrons. The molecule has 0 spiro atoms. The predicted octanol–water partition coefficient (Wildman–Crippen LogP) is 5.24. The minimum Gasteiger partial charge on any atom is -0.497 e. The van der Waals surface area contributed by atoms with Crippen LogP contribution in [0.4, 0.5) is 11.4 Å². The van der Waals surface area contributed by atoms with Crippen molar-refractivity contribution >= 4 is 46.8 Å². The first-order valence-corrected chi connectivity index (χ1v) is 12.0. The first-order chi connectivity index (χ1) is 18.3. The number of hydrogen-bond donors (Lipinski definition) is 1. The molecule has 2 amide bonds. The Bertz CT molecular complexity index is 1410. The van der Waals surface area contributed by atoms with Gasteiger partial charge in [0.2, 0.25) is 0 Å². The lowest BCUT2D eigenvalue weighted by Gasteiger charge is -2.17. The molecule has 0 saturated carbocycles. The van der Waals surface area contributed by atoms with E-state index >= 15 is 0 Å². The zero-order chi connectivity index (χ0) is 27.2. The maximum absolute atomic E-state index is 13.4. The fourth-order valence-electron chi connectivity index (χ4n) is 3.93. The monoisotopic (exact) mass is 532 g/mol. The highest BCUT2D eigenvalue weighted by Crippen LogP contribution is 2.36. The molecule has 0 aromatic heterocycles. The molecule has 0 bridgehead atoms. The number of allylic oxidation sites excluding steroid dienone is 1. The summed E-state index contributed by atoms with van der Waals surface area (Å²) in [5, 5.41) is 3.28. The Morgan fingerprint density at radius 3 is 2.16 bits per heavy atom. The molecule has 3 aromatic carbocycles. The number of nitrogens with one attached hydrogen (secondary N) is 1. The first-order valence-electron chi connectivity index (χ1n) is 11.6. The SMILES string of the molecule is COC(=O)C1=C(C)N(c2ccc(Cl)cc2)C(=O)/C1=C\c1ccc(OCC(=O)Nc2ccc(OC)cc2)cc1. The van der Waals surface area contributed by atoms with Crippen molar-refractivity contribution in [2.75, 3.05) is 31.0 Å². The standard InChI is InChI=1S/C29H25ClN2O6/c1-18-27(29(35)37-3)25(28(34)32(18)22-10-6-20(30)7-11-22)16-19-4-12-24(13-5-19)38-17-26(33)31-21-8-14-23(36-2)15-9-21/h4-16H,17H2,1-3H3,(H,31,33)/b25-16-. The number of amides is 2. The summed E-state index contributed by atoms with van der Waals surface area (Å²) < 4.78 is 15.6. The summed E-state index contributed by atoms with van der Waals surface area (Å²) in [6.45, 7) is 1.50. The molecular weight excluding hydrogens is 508 g/mol. The molecule has 9 heteroatoms. The van der Waals surface area contributed by atoms with Crippen molar-refractivity contribution in [1.82, 2.24) is 0 Å². The molecule has 1 aliphatic rings. The summed E-state index contributed by atoms with van der Waals surface area (Å²) in [4.78, 5) is 39.6. The van der Waals surface area contributed by atoms with Gasteiger partial charge in [-0.2, -0.15) is 0 Å². The summed E-state index contributed by atoms with van der Waals surface area (Å²) in [6, 6.07) is 20.5. The molecule has 0 fully saturated rings. The van der Waals surface area contributed by atoms with Crippen molar-refractivity contribution in [3.8, 4) is 11.5 Å². The van der Waals surface area contributed by atoms with Gasteiger partial charge in [0.15, 0.2) is 6.61 Å². The van der Waals surface area contributed by atoms with E-state index in [1.165, 1.54) is 12.0 Å². The van der Waals surface area contributed by atoms with Crippen LogP contribution in [-0.4, -0.2) is 38.6 Å². The molecule has 0 unspecified atom stereocenters. The highest BCUT2D eigenvalue weighted by Gasteiger charge is 2.37. The van der Waals surface area contributed by atoms with Gasteiger partial charge in [0, 0.05) is 22.1 Å². The molecule has 38 heavy (non-hydrogen) atoms. The fourth-order valence-corrected chi connectivity index (χ4v) is 4.05. The van der Waals surface area contributed by atoms with Crippen molar-refractivity contribution in [3.05, 3.63) is 100 Å². The third-order valence-corrected chi connectivity index (χ3v) is 6.06. The summed E-state index contributed by atoms with van der Waals surface area (Å²) in [5.74, 6) is -0.126. The quantitative estimate of drug-likeness (QED) is 0.315. The van der Waals surface area contributed by atoms with E-state index in [-0.39, 0.29) is 29.6 Å². The van der Waals surface area contributed by atoms with Crippen LogP contribution in [0.25, 0.3) is 6.08 Å². The van der Waals surface area contributed by atoms with Crippen LogP contribution in [0, 0.1) is 0 Å². The molecule has 1 N–H and O–H groups in total. The van der Waals surface area contributed by atoms with Crippen LogP contribution >= 0.6 is 11.6 Å². The average Bonchev–Trinajstić information content (AvgIpc) is 3.17. The van der Waals surface area contributed by atoms with Gasteiger partial charge >= 0.3 is 5.97 Å². The largest absolute Gasteiger partial charge is 0.497 e. The van der Waals surface area contributed by atoms with E-state index in [1.807, 2.05) is 0 Å². The van der Waals surface area contributed by atoms with Crippen LogP contribution in [0.1, 0.15) is 12.5 Å². The number of halogens is 1. The van der Waals surface area contributed by atoms with Gasteiger partial charge in [-0.1, -0.05) is 23.7 Å². The second-order valence-corrected chi connectivity index (χ2v) is 8.70. The average molecular weight is 533 g/mol. The van der Waals surface area contributed by atoms with Crippen molar-refractivity contribution in [3.63, 3.8) is 0 Å². The minimum absolute atomic E-state index is 0.183. The van der Waals surface area contributed by atoms with E-state index in [2.05, 4.69) is 5.32 Å². The van der Waals surface area contributed by atoms with Crippen LogP contribution in [0.3, 0.4) is 0 Å². The molecule has 8 nitrogen and oxygen atoms in total. The van der Waals surface area contributed by atoms with Gasteiger partial charge in [0.1, 0.15) is 11.5 Å². The van der Waals surface area contributed by atoms with Crippen LogP contribution in [0.5, 0.6) is 11.5 Å². The molecule has 1 aliphatic heterocycles. The van der Waals surface area contributed by atoms with E-state index in [0.29, 0.717) is 39.2 Å². The lowest BCUT2D eigenvalue weighted by Crippen LogP contribution is -2.24. The van der Waals surface area contributed by atoms with Gasteiger partial charge in [-0.25, -0.2) is 4.79 Å². The third kappa shape index (κ3) is 5.87. The van der Waals surface area contributed by atoms with Crippen LogP contribution in [-0.2, 0) is 19.1 Å². The van der Waals surface area contributed by atoms with Crippen LogP contribution in [0.15, 0.2) is 89.6 Å². The lowest BCUT2D eigenvalue weighted by molar-refractivity contribution is -0.136. The Kier molecular flexibility index (Phi) is 8.13. The zero-order valence-corrected chi connectivity index (χ0v) is 21.7. The Morgan fingerprint density at radius 1 is 0.921 bits per heavy atom. The third-order valence-electron chi connectivity index (χ3n) is 5.81. The summed E-state index contributed by atoms with van der Waals surface area (Å²) >= 11 is 5.99. The minimum atomic E-state index is -0.610. The molecule has 0 saturated heterocycles. The maximum Gasteiger partial charge on any atom is 0.340 e. The normalized spacial score (nSPS) is 14.1. The molecule has 3 aromatic rings. The number of carbonyl (C=O) groups excluding carboxylic acids is 3. The predicted molar refractivity (Wildman–Crippen MR) is 145 cm³/mol. The second-order valence-electron chi connectivity index (χ2n) is 8.26. The van der Waals surface area contributed by atoms with Crippen LogP contribution < -0.4 is 19.7 Å². The fraction of sp³-hybridized carbons (Fsp3) is 0.138. The van der Waals surface area contributed by atoms with Crippen molar-refractivity contribution in [2.24, 2.45) is 0 Å². The van der Waals surface area contributed by atoms with E-state index in [4.69, 9.17) is 25.8 Å². The Balaban J connectivity index is 1.47. The molecule has 0 aliphatic carbocycles. The number of ether oxygens (including phenoxy) is 3. The highest BCUT2D eigenvalue weighted by molar-refractivity contribution is 6.30. The van der Waals surface area contributed by atoms with Gasteiger partial charge in [0.05, 0.1) is 25.4 Å². The van der Waals surface area contributed by atoms with Gasteiger partial charge in [-0.3, -0.25) is 14.5 Å². The number of hydrogen-bond acceptors (Lipinski definition) is 6. The van der Waals surface area contributed by atoms with E-state index in [1.54, 1.807) is 92.9 Å². The number of carbonyl (C=O) groups is 3. The maximum atomic E-state index is 13.4. The smallest absolute Gasteiger partial charge is 0.340 e. The van der Waals surface area contributed by atoms with Crippen molar-refractivity contribution in [2.45, 2.75) is 6.92 Å². The molecule has 194 valence electrons. The first kappa shape index (κ1) is 26.5. The van der Waals surface area contributed by atoms with E-state index in [9.17, 15) is 14.4 Å². The van der Waals surface area contributed by atoms with Gasteiger partial charge < -0.3 is 19.5 Å². The number of nitrogens with zero attached hydrogens (tertiary/aromatic N) is 1. The Hall–Kier alpha value is -4.56. The molecular formula is C29H25ClN2O6. The van der Waals surface area contributed by atoms with Crippen molar-refractivity contribution < 1.29 is 28.6 Å². The number of anilines is 2. The van der Waals surface area contributed by atoms with Gasteiger partial charge in [0.25, 0.3) is 11.8 Å². The Morgan fingerprint density at radius 2 is 1.55 bits per heavy atom. The molecule has 1 heterocycles. The summed E-state index contributed by atoms with van der Waals surface area (Å²) in [6.07, 6.45) is 1.62. The zero-order valence-electron chi connectivity index (χ0n) is 21.0. The van der Waals surface area contributed by atoms with Gasteiger partial charge in [-0.15, -0.1) is 0 Å². The van der Waals surface area contributed by atoms with E-state index in [0.717, 1.165) is 0 Å². The lowest BCUT2D eigenvalue weighted by atomic mass is 10.0. The van der Waals surface area contributed by atoms with Gasteiger partial charge in [-0.05, 0) is 79.2 Å². The highest BCUT2D eigenvalue weighted by atomic mass is 35.5. The van der Waals surface area contributed by atoms with Crippen LogP contribution in [0.2, 0.25) is 5.02 Å². The number of esters is 1. The number of rotatable bonds is 8. The summed E-state index contributed by atoms with van der Waals surface area (Å²) in [5.41, 5.74) is 2.71.